The minimum atomic E-state index is 0.619. The number of nitrogens with one attached hydrogen (secondary N) is 1. The summed E-state index contributed by atoms with van der Waals surface area (Å²) < 4.78 is 10.6. The second-order valence-electron chi connectivity index (χ2n) is 5.88. The predicted octanol–water partition coefficient (Wildman–Crippen LogP) is 1.45. The Morgan fingerprint density at radius 2 is 2.00 bits per heavy atom. The number of rotatable bonds is 6. The monoisotopic (exact) mass is 343 g/mol. The third-order valence-corrected chi connectivity index (χ3v) is 4.22. The molecule has 0 aliphatic carbocycles. The SMILES string of the molecule is CN=C(NCc1ccon1)N1CCN(CCOc2ccccc2)CC1. The largest absolute Gasteiger partial charge is 0.492 e. The van der Waals surface area contributed by atoms with Crippen molar-refractivity contribution in [3.05, 3.63) is 48.4 Å². The van der Waals surface area contributed by atoms with Gasteiger partial charge < -0.3 is 19.5 Å². The van der Waals surface area contributed by atoms with E-state index in [1.807, 2.05) is 43.4 Å². The highest BCUT2D eigenvalue weighted by Crippen LogP contribution is 2.09. The van der Waals surface area contributed by atoms with Crippen LogP contribution in [0.3, 0.4) is 0 Å². The van der Waals surface area contributed by atoms with Gasteiger partial charge >= 0.3 is 0 Å². The molecule has 25 heavy (non-hydrogen) atoms. The van der Waals surface area contributed by atoms with Crippen molar-refractivity contribution in [1.29, 1.82) is 0 Å². The molecule has 0 bridgehead atoms. The lowest BCUT2D eigenvalue weighted by atomic mass is 10.3. The predicted molar refractivity (Wildman–Crippen MR) is 96.7 cm³/mol. The molecule has 1 fully saturated rings. The van der Waals surface area contributed by atoms with E-state index >= 15 is 0 Å². The lowest BCUT2D eigenvalue weighted by Gasteiger charge is -2.36. The van der Waals surface area contributed by atoms with Crippen LogP contribution < -0.4 is 10.1 Å². The Hall–Kier alpha value is -2.54. The summed E-state index contributed by atoms with van der Waals surface area (Å²) in [7, 11) is 1.81. The van der Waals surface area contributed by atoms with Crippen LogP contribution in [0.5, 0.6) is 5.75 Å². The molecule has 3 rings (SSSR count). The molecule has 7 nitrogen and oxygen atoms in total. The molecule has 0 spiro atoms. The summed E-state index contributed by atoms with van der Waals surface area (Å²) in [6.45, 7) is 6.17. The lowest BCUT2D eigenvalue weighted by Crippen LogP contribution is -2.52. The topological polar surface area (TPSA) is 66.1 Å². The first kappa shape index (κ1) is 17.3. The molecule has 1 aliphatic heterocycles. The second-order valence-corrected chi connectivity index (χ2v) is 5.88. The number of para-hydroxylation sites is 1. The van der Waals surface area contributed by atoms with Gasteiger partial charge in [-0.3, -0.25) is 9.89 Å². The first-order valence-corrected chi connectivity index (χ1v) is 8.60. The van der Waals surface area contributed by atoms with Crippen LogP contribution in [0.1, 0.15) is 5.69 Å². The van der Waals surface area contributed by atoms with Crippen LogP contribution in [0.2, 0.25) is 0 Å². The van der Waals surface area contributed by atoms with Gasteiger partial charge in [0.25, 0.3) is 0 Å². The molecule has 0 saturated carbocycles. The van der Waals surface area contributed by atoms with Crippen LogP contribution in [0.25, 0.3) is 0 Å². The molecule has 1 aliphatic rings. The quantitative estimate of drug-likeness (QED) is 0.633. The summed E-state index contributed by atoms with van der Waals surface area (Å²) in [5, 5.41) is 7.24. The van der Waals surface area contributed by atoms with Gasteiger partial charge in [-0.2, -0.15) is 0 Å². The molecular weight excluding hydrogens is 318 g/mol. The molecule has 0 atom stereocenters. The number of nitrogens with zero attached hydrogens (tertiary/aromatic N) is 4. The third-order valence-electron chi connectivity index (χ3n) is 4.22. The number of aromatic nitrogens is 1. The molecule has 1 aromatic heterocycles. The van der Waals surface area contributed by atoms with Crippen LogP contribution in [0, 0.1) is 0 Å². The van der Waals surface area contributed by atoms with Gasteiger partial charge in [0.2, 0.25) is 0 Å². The van der Waals surface area contributed by atoms with E-state index in [4.69, 9.17) is 9.26 Å². The van der Waals surface area contributed by atoms with Crippen molar-refractivity contribution >= 4 is 5.96 Å². The van der Waals surface area contributed by atoms with Gasteiger partial charge in [-0.05, 0) is 12.1 Å². The molecule has 2 aromatic rings. The summed E-state index contributed by atoms with van der Waals surface area (Å²) in [5.41, 5.74) is 0.873. The number of aliphatic imine (C=N–C) groups is 1. The van der Waals surface area contributed by atoms with Gasteiger partial charge in [0.1, 0.15) is 24.3 Å². The van der Waals surface area contributed by atoms with Crippen molar-refractivity contribution in [3.63, 3.8) is 0 Å². The van der Waals surface area contributed by atoms with E-state index in [1.165, 1.54) is 0 Å². The highest BCUT2D eigenvalue weighted by Gasteiger charge is 2.19. The Morgan fingerprint density at radius 3 is 2.68 bits per heavy atom. The number of guanidine groups is 1. The van der Waals surface area contributed by atoms with Crippen molar-refractivity contribution < 1.29 is 9.26 Å². The summed E-state index contributed by atoms with van der Waals surface area (Å²) in [5.74, 6) is 1.83. The maximum Gasteiger partial charge on any atom is 0.194 e. The van der Waals surface area contributed by atoms with Gasteiger partial charge in [0.15, 0.2) is 5.96 Å². The molecule has 0 radical (unpaired) electrons. The molecule has 7 heteroatoms. The maximum absolute atomic E-state index is 5.78. The number of hydrogen-bond acceptors (Lipinski definition) is 5. The Bertz CT molecular complexity index is 637. The number of ether oxygens (including phenoxy) is 1. The van der Waals surface area contributed by atoms with Crippen LogP contribution in [-0.4, -0.2) is 67.3 Å². The fourth-order valence-electron chi connectivity index (χ4n) is 2.82. The molecule has 0 amide bonds. The molecule has 1 N–H and O–H groups in total. The Balaban J connectivity index is 1.37. The van der Waals surface area contributed by atoms with Gasteiger partial charge in [-0.15, -0.1) is 0 Å². The summed E-state index contributed by atoms with van der Waals surface area (Å²) in [4.78, 5) is 9.06. The molecule has 1 aromatic carbocycles. The van der Waals surface area contributed by atoms with E-state index in [0.717, 1.165) is 50.1 Å². The minimum absolute atomic E-state index is 0.619. The Kier molecular flexibility index (Phi) is 6.28. The van der Waals surface area contributed by atoms with Crippen molar-refractivity contribution in [2.45, 2.75) is 6.54 Å². The van der Waals surface area contributed by atoms with Crippen molar-refractivity contribution in [2.75, 3.05) is 46.4 Å². The summed E-state index contributed by atoms with van der Waals surface area (Å²) in [6.07, 6.45) is 1.58. The fraction of sp³-hybridized carbons (Fsp3) is 0.444. The Labute approximate surface area is 148 Å². The number of benzene rings is 1. The molecule has 0 unspecified atom stereocenters. The van der Waals surface area contributed by atoms with Crippen LogP contribution in [-0.2, 0) is 6.54 Å². The first-order valence-electron chi connectivity index (χ1n) is 8.60. The van der Waals surface area contributed by atoms with Crippen molar-refractivity contribution in [1.82, 2.24) is 20.3 Å². The minimum Gasteiger partial charge on any atom is -0.492 e. The third kappa shape index (κ3) is 5.22. The zero-order valence-electron chi connectivity index (χ0n) is 14.6. The van der Waals surface area contributed by atoms with Crippen LogP contribution >= 0.6 is 0 Å². The standard InChI is InChI=1S/C18H25N5O2/c1-19-18(20-15-16-7-13-25-21-16)23-10-8-22(9-11-23)12-14-24-17-5-3-2-4-6-17/h2-7,13H,8-12,14-15H2,1H3,(H,19,20). The first-order chi connectivity index (χ1) is 12.3. The number of piperazine rings is 1. The van der Waals surface area contributed by atoms with E-state index in [0.29, 0.717) is 13.2 Å². The summed E-state index contributed by atoms with van der Waals surface area (Å²) in [6, 6.07) is 11.8. The van der Waals surface area contributed by atoms with E-state index in [2.05, 4.69) is 25.3 Å². The van der Waals surface area contributed by atoms with Crippen molar-refractivity contribution in [2.24, 2.45) is 4.99 Å². The van der Waals surface area contributed by atoms with Gasteiger partial charge in [0.05, 0.1) is 6.54 Å². The van der Waals surface area contributed by atoms with Gasteiger partial charge in [0, 0.05) is 45.8 Å². The number of hydrogen-bond donors (Lipinski definition) is 1. The van der Waals surface area contributed by atoms with E-state index in [-0.39, 0.29) is 0 Å². The zero-order chi connectivity index (χ0) is 17.3. The second kappa shape index (κ2) is 9.08. The fourth-order valence-corrected chi connectivity index (χ4v) is 2.82. The molecule has 2 heterocycles. The van der Waals surface area contributed by atoms with Crippen LogP contribution in [0.15, 0.2) is 52.2 Å². The normalized spacial score (nSPS) is 16.0. The molecular formula is C18H25N5O2. The maximum atomic E-state index is 5.78. The van der Waals surface area contributed by atoms with Crippen LogP contribution in [0.4, 0.5) is 0 Å². The molecule has 1 saturated heterocycles. The highest BCUT2D eigenvalue weighted by atomic mass is 16.5. The molecule has 134 valence electrons. The average Bonchev–Trinajstić information content (AvgIpc) is 3.18. The lowest BCUT2D eigenvalue weighted by molar-refractivity contribution is 0.152. The smallest absolute Gasteiger partial charge is 0.194 e. The van der Waals surface area contributed by atoms with E-state index in [1.54, 1.807) is 6.26 Å². The average molecular weight is 343 g/mol. The van der Waals surface area contributed by atoms with E-state index < -0.39 is 0 Å². The van der Waals surface area contributed by atoms with Crippen molar-refractivity contribution in [3.8, 4) is 5.75 Å². The van der Waals surface area contributed by atoms with Gasteiger partial charge in [-0.25, -0.2) is 0 Å². The highest BCUT2D eigenvalue weighted by molar-refractivity contribution is 5.79. The van der Waals surface area contributed by atoms with E-state index in [9.17, 15) is 0 Å². The Morgan fingerprint density at radius 1 is 1.20 bits per heavy atom. The summed E-state index contributed by atoms with van der Waals surface area (Å²) >= 11 is 0. The zero-order valence-corrected chi connectivity index (χ0v) is 14.6. The van der Waals surface area contributed by atoms with Gasteiger partial charge in [-0.1, -0.05) is 23.4 Å².